The Balaban J connectivity index is 2.61. The third kappa shape index (κ3) is 5.85. The Labute approximate surface area is 131 Å². The Morgan fingerprint density at radius 1 is 1.33 bits per heavy atom. The zero-order valence-electron chi connectivity index (χ0n) is 14.3. The van der Waals surface area contributed by atoms with Crippen molar-refractivity contribution in [3.63, 3.8) is 0 Å². The fourth-order valence-electron chi connectivity index (χ4n) is 2.66. The van der Waals surface area contributed by atoms with E-state index < -0.39 is 10.2 Å². The van der Waals surface area contributed by atoms with Crippen molar-refractivity contribution in [2.24, 2.45) is 11.8 Å². The van der Waals surface area contributed by atoms with Gasteiger partial charge in [-0.2, -0.15) is 17.0 Å². The monoisotopic (exact) mass is 319 g/mol. The van der Waals surface area contributed by atoms with Gasteiger partial charge in [0.15, 0.2) is 0 Å². The standard InChI is InChI=1S/C15H33N3O2S/c1-6-14(4)11-17(5)21(19,20)18-9-7-8-15(12-18)10-16-13(2)3/h13-16H,6-12H2,1-5H3. The Morgan fingerprint density at radius 2 is 2.00 bits per heavy atom. The number of hydrogen-bond donors (Lipinski definition) is 1. The summed E-state index contributed by atoms with van der Waals surface area (Å²) in [6.07, 6.45) is 3.07. The molecule has 1 aliphatic heterocycles. The van der Waals surface area contributed by atoms with Crippen LogP contribution in [0.2, 0.25) is 0 Å². The van der Waals surface area contributed by atoms with Crippen molar-refractivity contribution < 1.29 is 8.42 Å². The summed E-state index contributed by atoms with van der Waals surface area (Å²) in [6, 6.07) is 0.449. The second-order valence-electron chi connectivity index (χ2n) is 6.73. The average Bonchev–Trinajstić information content (AvgIpc) is 2.45. The molecule has 1 rings (SSSR count). The van der Waals surface area contributed by atoms with Gasteiger partial charge in [-0.05, 0) is 31.2 Å². The maximum absolute atomic E-state index is 12.7. The van der Waals surface area contributed by atoms with Crippen molar-refractivity contribution in [2.45, 2.75) is 53.0 Å². The quantitative estimate of drug-likeness (QED) is 0.743. The number of rotatable bonds is 8. The van der Waals surface area contributed by atoms with Crippen molar-refractivity contribution in [3.8, 4) is 0 Å². The van der Waals surface area contributed by atoms with Crippen LogP contribution in [0.1, 0.15) is 47.0 Å². The van der Waals surface area contributed by atoms with Gasteiger partial charge in [0.1, 0.15) is 0 Å². The molecule has 1 saturated heterocycles. The third-order valence-electron chi connectivity index (χ3n) is 4.28. The first-order valence-corrected chi connectivity index (χ1v) is 9.61. The summed E-state index contributed by atoms with van der Waals surface area (Å²) in [6.45, 7) is 11.2. The molecule has 2 unspecified atom stereocenters. The molecule has 1 heterocycles. The summed E-state index contributed by atoms with van der Waals surface area (Å²) >= 11 is 0. The van der Waals surface area contributed by atoms with E-state index in [-0.39, 0.29) is 0 Å². The van der Waals surface area contributed by atoms with E-state index in [4.69, 9.17) is 0 Å². The highest BCUT2D eigenvalue weighted by atomic mass is 32.2. The maximum Gasteiger partial charge on any atom is 0.281 e. The molecule has 2 atom stereocenters. The van der Waals surface area contributed by atoms with E-state index in [1.165, 1.54) is 4.31 Å². The lowest BCUT2D eigenvalue weighted by molar-refractivity contribution is 0.240. The molecule has 21 heavy (non-hydrogen) atoms. The lowest BCUT2D eigenvalue weighted by atomic mass is 9.99. The molecule has 0 saturated carbocycles. The first-order chi connectivity index (χ1) is 9.77. The summed E-state index contributed by atoms with van der Waals surface area (Å²) in [7, 11) is -1.59. The van der Waals surface area contributed by atoms with Crippen LogP contribution < -0.4 is 5.32 Å². The molecule has 1 aliphatic rings. The fraction of sp³-hybridized carbons (Fsp3) is 1.00. The largest absolute Gasteiger partial charge is 0.314 e. The zero-order valence-corrected chi connectivity index (χ0v) is 15.1. The van der Waals surface area contributed by atoms with Gasteiger partial charge in [0, 0.05) is 32.7 Å². The molecule has 0 aromatic heterocycles. The summed E-state index contributed by atoms with van der Waals surface area (Å²) < 4.78 is 28.5. The predicted octanol–water partition coefficient (Wildman–Crippen LogP) is 1.92. The van der Waals surface area contributed by atoms with E-state index in [0.717, 1.165) is 25.8 Å². The van der Waals surface area contributed by atoms with Gasteiger partial charge in [-0.3, -0.25) is 0 Å². The molecule has 0 radical (unpaired) electrons. The second-order valence-corrected chi connectivity index (χ2v) is 8.77. The molecule has 0 bridgehead atoms. The topological polar surface area (TPSA) is 52.7 Å². The van der Waals surface area contributed by atoms with Crippen LogP contribution in [0.25, 0.3) is 0 Å². The van der Waals surface area contributed by atoms with Gasteiger partial charge in [0.25, 0.3) is 10.2 Å². The van der Waals surface area contributed by atoms with Crippen LogP contribution >= 0.6 is 0 Å². The Bertz CT molecular complexity index is 398. The van der Waals surface area contributed by atoms with E-state index in [1.54, 1.807) is 11.4 Å². The minimum absolute atomic E-state index is 0.396. The molecule has 1 fully saturated rings. The normalized spacial score (nSPS) is 22.9. The van der Waals surface area contributed by atoms with Crippen LogP contribution in [0.15, 0.2) is 0 Å². The number of nitrogens with one attached hydrogen (secondary N) is 1. The van der Waals surface area contributed by atoms with Crippen molar-refractivity contribution in [1.82, 2.24) is 13.9 Å². The van der Waals surface area contributed by atoms with Gasteiger partial charge >= 0.3 is 0 Å². The lowest BCUT2D eigenvalue weighted by Crippen LogP contribution is -2.49. The molecule has 0 spiro atoms. The first-order valence-electron chi connectivity index (χ1n) is 8.22. The van der Waals surface area contributed by atoms with E-state index in [1.807, 2.05) is 0 Å². The number of hydrogen-bond acceptors (Lipinski definition) is 3. The smallest absolute Gasteiger partial charge is 0.281 e. The van der Waals surface area contributed by atoms with E-state index in [0.29, 0.717) is 37.5 Å². The lowest BCUT2D eigenvalue weighted by Gasteiger charge is -2.35. The summed E-state index contributed by atoms with van der Waals surface area (Å²) in [5.74, 6) is 0.820. The van der Waals surface area contributed by atoms with Crippen LogP contribution in [0, 0.1) is 11.8 Å². The number of piperidine rings is 1. The highest BCUT2D eigenvalue weighted by Gasteiger charge is 2.32. The van der Waals surface area contributed by atoms with Gasteiger partial charge in [0.2, 0.25) is 0 Å². The molecule has 126 valence electrons. The van der Waals surface area contributed by atoms with E-state index in [2.05, 4.69) is 33.0 Å². The van der Waals surface area contributed by atoms with E-state index >= 15 is 0 Å². The first kappa shape index (κ1) is 18.9. The van der Waals surface area contributed by atoms with Crippen molar-refractivity contribution in [1.29, 1.82) is 0 Å². The maximum atomic E-state index is 12.7. The Hall–Kier alpha value is -0.170. The second kappa shape index (κ2) is 8.46. The highest BCUT2D eigenvalue weighted by Crippen LogP contribution is 2.21. The minimum Gasteiger partial charge on any atom is -0.314 e. The zero-order chi connectivity index (χ0) is 16.0. The SMILES string of the molecule is CCC(C)CN(C)S(=O)(=O)N1CCCC(CNC(C)C)C1. The summed E-state index contributed by atoms with van der Waals surface area (Å²) in [5.41, 5.74) is 0. The highest BCUT2D eigenvalue weighted by molar-refractivity contribution is 7.86. The summed E-state index contributed by atoms with van der Waals surface area (Å²) in [4.78, 5) is 0. The Kier molecular flexibility index (Phi) is 7.60. The van der Waals surface area contributed by atoms with Gasteiger partial charge in [0.05, 0.1) is 0 Å². The van der Waals surface area contributed by atoms with Crippen LogP contribution in [0.3, 0.4) is 0 Å². The fourth-order valence-corrected chi connectivity index (χ4v) is 4.26. The predicted molar refractivity (Wildman–Crippen MR) is 88.4 cm³/mol. The summed E-state index contributed by atoms with van der Waals surface area (Å²) in [5, 5.41) is 3.42. The molecular formula is C15H33N3O2S. The third-order valence-corrected chi connectivity index (χ3v) is 6.20. The molecule has 0 amide bonds. The van der Waals surface area contributed by atoms with Crippen LogP contribution in [-0.2, 0) is 10.2 Å². The van der Waals surface area contributed by atoms with E-state index in [9.17, 15) is 8.42 Å². The molecule has 0 aliphatic carbocycles. The molecule has 1 N–H and O–H groups in total. The molecule has 5 nitrogen and oxygen atoms in total. The molecule has 0 aromatic rings. The molecule has 6 heteroatoms. The molecule has 0 aromatic carbocycles. The van der Waals surface area contributed by atoms with Gasteiger partial charge in [-0.15, -0.1) is 0 Å². The number of nitrogens with zero attached hydrogens (tertiary/aromatic N) is 2. The van der Waals surface area contributed by atoms with Gasteiger partial charge in [-0.1, -0.05) is 34.1 Å². The van der Waals surface area contributed by atoms with Gasteiger partial charge < -0.3 is 5.32 Å². The Morgan fingerprint density at radius 3 is 2.57 bits per heavy atom. The van der Waals surface area contributed by atoms with Gasteiger partial charge in [-0.25, -0.2) is 0 Å². The average molecular weight is 320 g/mol. The van der Waals surface area contributed by atoms with Crippen molar-refractivity contribution in [2.75, 3.05) is 33.2 Å². The van der Waals surface area contributed by atoms with Crippen LogP contribution in [-0.4, -0.2) is 56.3 Å². The minimum atomic E-state index is -3.30. The van der Waals surface area contributed by atoms with Crippen LogP contribution in [0.5, 0.6) is 0 Å². The van der Waals surface area contributed by atoms with Crippen molar-refractivity contribution >= 4 is 10.2 Å². The van der Waals surface area contributed by atoms with Crippen molar-refractivity contribution in [3.05, 3.63) is 0 Å². The molecular weight excluding hydrogens is 286 g/mol. The van der Waals surface area contributed by atoms with Crippen LogP contribution in [0.4, 0.5) is 0 Å².